The summed E-state index contributed by atoms with van der Waals surface area (Å²) < 4.78 is 37.1. The second-order valence-corrected chi connectivity index (χ2v) is 4.99. The Morgan fingerprint density at radius 1 is 1.35 bits per heavy atom. The van der Waals surface area contributed by atoms with Gasteiger partial charge in [0, 0.05) is 6.04 Å². The predicted molar refractivity (Wildman–Crippen MR) is 58.2 cm³/mol. The Balaban J connectivity index is 2.81. The van der Waals surface area contributed by atoms with Crippen molar-refractivity contribution in [1.29, 1.82) is 0 Å². The molecule has 6 heteroatoms. The summed E-state index contributed by atoms with van der Waals surface area (Å²) in [6.07, 6.45) is -5.52. The van der Waals surface area contributed by atoms with E-state index in [1.165, 1.54) is 11.8 Å². The fourth-order valence-electron chi connectivity index (χ4n) is 2.21. The molecular weight excluding hydrogens is 233 g/mol. The molecule has 0 aromatic carbocycles. The molecule has 1 rings (SSSR count). The molecule has 0 spiro atoms. The van der Waals surface area contributed by atoms with E-state index in [0.717, 1.165) is 0 Å². The van der Waals surface area contributed by atoms with Gasteiger partial charge in [-0.2, -0.15) is 13.2 Å². The van der Waals surface area contributed by atoms with E-state index in [-0.39, 0.29) is 18.0 Å². The van der Waals surface area contributed by atoms with E-state index in [1.807, 2.05) is 13.8 Å². The lowest BCUT2D eigenvalue weighted by molar-refractivity contribution is -0.154. The first-order valence-corrected chi connectivity index (χ1v) is 5.78. The van der Waals surface area contributed by atoms with E-state index >= 15 is 0 Å². The highest BCUT2D eigenvalue weighted by molar-refractivity contribution is 5.84. The summed E-state index contributed by atoms with van der Waals surface area (Å²) in [5.41, 5.74) is 0. The molecule has 0 aromatic rings. The summed E-state index contributed by atoms with van der Waals surface area (Å²) in [6.45, 7) is 6.89. The standard InChI is InChI=1S/C11H19F3N2O/c1-6(2)9-15-8(4)10(17)16(9)7(3)5-11(12,13)14/h6-9,15H,5H2,1-4H3. The SMILES string of the molecule is CC1NC(C(C)C)N(C(C)CC(F)(F)F)C1=O. The van der Waals surface area contributed by atoms with Crippen LogP contribution < -0.4 is 5.32 Å². The maximum absolute atomic E-state index is 12.4. The maximum atomic E-state index is 12.4. The summed E-state index contributed by atoms with van der Waals surface area (Å²) in [4.78, 5) is 13.2. The molecule has 1 N–H and O–H groups in total. The number of halogens is 3. The van der Waals surface area contributed by atoms with Gasteiger partial charge in [0.05, 0.1) is 18.6 Å². The largest absolute Gasteiger partial charge is 0.391 e. The van der Waals surface area contributed by atoms with Crippen molar-refractivity contribution in [3.63, 3.8) is 0 Å². The lowest BCUT2D eigenvalue weighted by atomic mass is 10.1. The van der Waals surface area contributed by atoms with Crippen LogP contribution in [0.25, 0.3) is 0 Å². The van der Waals surface area contributed by atoms with E-state index in [4.69, 9.17) is 0 Å². The van der Waals surface area contributed by atoms with Crippen LogP contribution in [0.1, 0.15) is 34.1 Å². The summed E-state index contributed by atoms with van der Waals surface area (Å²) in [5, 5.41) is 3.03. The van der Waals surface area contributed by atoms with Gasteiger partial charge in [0.15, 0.2) is 0 Å². The molecule has 1 heterocycles. The average Bonchev–Trinajstić information content (AvgIpc) is 2.40. The van der Waals surface area contributed by atoms with Crippen molar-refractivity contribution in [1.82, 2.24) is 10.2 Å². The number of nitrogens with one attached hydrogen (secondary N) is 1. The molecule has 0 radical (unpaired) electrons. The van der Waals surface area contributed by atoms with Crippen molar-refractivity contribution in [2.75, 3.05) is 0 Å². The highest BCUT2D eigenvalue weighted by Gasteiger charge is 2.43. The number of rotatable bonds is 3. The first-order chi connectivity index (χ1) is 7.63. The van der Waals surface area contributed by atoms with Crippen LogP contribution in [-0.4, -0.2) is 35.2 Å². The van der Waals surface area contributed by atoms with E-state index in [2.05, 4.69) is 5.32 Å². The summed E-state index contributed by atoms with van der Waals surface area (Å²) in [7, 11) is 0. The molecule has 1 aliphatic heterocycles. The number of hydrogen-bond acceptors (Lipinski definition) is 2. The summed E-state index contributed by atoms with van der Waals surface area (Å²) in [6, 6.07) is -1.23. The Morgan fingerprint density at radius 2 is 1.88 bits per heavy atom. The van der Waals surface area contributed by atoms with Gasteiger partial charge in [-0.05, 0) is 19.8 Å². The number of hydrogen-bond donors (Lipinski definition) is 1. The van der Waals surface area contributed by atoms with E-state index < -0.39 is 24.7 Å². The third-order valence-corrected chi connectivity index (χ3v) is 2.98. The van der Waals surface area contributed by atoms with E-state index in [9.17, 15) is 18.0 Å². The average molecular weight is 252 g/mol. The molecule has 17 heavy (non-hydrogen) atoms. The fraction of sp³-hybridized carbons (Fsp3) is 0.909. The zero-order chi connectivity index (χ0) is 13.4. The molecule has 1 fully saturated rings. The van der Waals surface area contributed by atoms with Gasteiger partial charge in [-0.3, -0.25) is 10.1 Å². The van der Waals surface area contributed by atoms with Crippen LogP contribution in [0.5, 0.6) is 0 Å². The minimum Gasteiger partial charge on any atom is -0.322 e. The van der Waals surface area contributed by atoms with Gasteiger partial charge in [0.1, 0.15) is 0 Å². The first kappa shape index (κ1) is 14.3. The van der Waals surface area contributed by atoms with E-state index in [1.54, 1.807) is 6.92 Å². The molecule has 100 valence electrons. The van der Waals surface area contributed by atoms with Crippen molar-refractivity contribution in [2.24, 2.45) is 5.92 Å². The van der Waals surface area contributed by atoms with Crippen LogP contribution in [0.15, 0.2) is 0 Å². The van der Waals surface area contributed by atoms with Crippen molar-refractivity contribution in [2.45, 2.75) is 58.5 Å². The van der Waals surface area contributed by atoms with Crippen LogP contribution >= 0.6 is 0 Å². The molecular formula is C11H19F3N2O. The Labute approximate surface area is 99.4 Å². The molecule has 1 saturated heterocycles. The summed E-state index contributed by atoms with van der Waals surface area (Å²) in [5.74, 6) is -0.167. The summed E-state index contributed by atoms with van der Waals surface area (Å²) >= 11 is 0. The normalized spacial score (nSPS) is 28.0. The lowest BCUT2D eigenvalue weighted by Gasteiger charge is -2.33. The van der Waals surface area contributed by atoms with Gasteiger partial charge >= 0.3 is 6.18 Å². The molecule has 0 aliphatic carbocycles. The third kappa shape index (κ3) is 3.34. The zero-order valence-corrected chi connectivity index (χ0v) is 10.5. The van der Waals surface area contributed by atoms with Gasteiger partial charge in [0.25, 0.3) is 0 Å². The van der Waals surface area contributed by atoms with Crippen LogP contribution in [0.2, 0.25) is 0 Å². The zero-order valence-electron chi connectivity index (χ0n) is 10.5. The second-order valence-electron chi connectivity index (χ2n) is 4.99. The third-order valence-electron chi connectivity index (χ3n) is 2.98. The van der Waals surface area contributed by atoms with Crippen molar-refractivity contribution < 1.29 is 18.0 Å². The number of nitrogens with zero attached hydrogens (tertiary/aromatic N) is 1. The highest BCUT2D eigenvalue weighted by atomic mass is 19.4. The second kappa shape index (κ2) is 4.84. The van der Waals surface area contributed by atoms with Gasteiger partial charge in [-0.1, -0.05) is 13.8 Å². The monoisotopic (exact) mass is 252 g/mol. The Hall–Kier alpha value is -0.780. The topological polar surface area (TPSA) is 32.3 Å². The smallest absolute Gasteiger partial charge is 0.322 e. The van der Waals surface area contributed by atoms with Gasteiger partial charge in [0.2, 0.25) is 5.91 Å². The number of amides is 1. The number of alkyl halides is 3. The van der Waals surface area contributed by atoms with Crippen molar-refractivity contribution >= 4 is 5.91 Å². The molecule has 0 bridgehead atoms. The van der Waals surface area contributed by atoms with Crippen molar-refractivity contribution in [3.05, 3.63) is 0 Å². The van der Waals surface area contributed by atoms with E-state index in [0.29, 0.717) is 0 Å². The van der Waals surface area contributed by atoms with Crippen LogP contribution in [0, 0.1) is 5.92 Å². The van der Waals surface area contributed by atoms with Crippen LogP contribution in [-0.2, 0) is 4.79 Å². The molecule has 3 unspecified atom stereocenters. The van der Waals surface area contributed by atoms with Crippen LogP contribution in [0.4, 0.5) is 13.2 Å². The highest BCUT2D eigenvalue weighted by Crippen LogP contribution is 2.28. The molecule has 3 nitrogen and oxygen atoms in total. The molecule has 0 aromatic heterocycles. The molecule has 3 atom stereocenters. The number of carbonyl (C=O) groups excluding carboxylic acids is 1. The van der Waals surface area contributed by atoms with Gasteiger partial charge < -0.3 is 4.90 Å². The quantitative estimate of drug-likeness (QED) is 0.834. The first-order valence-electron chi connectivity index (χ1n) is 5.78. The predicted octanol–water partition coefficient (Wildman–Crippen LogP) is 2.13. The van der Waals surface area contributed by atoms with Crippen molar-refractivity contribution in [3.8, 4) is 0 Å². The van der Waals surface area contributed by atoms with Gasteiger partial charge in [-0.25, -0.2) is 0 Å². The minimum absolute atomic E-state index is 0.0829. The molecule has 0 saturated carbocycles. The number of carbonyl (C=O) groups is 1. The molecule has 1 aliphatic rings. The molecule has 1 amide bonds. The Morgan fingerprint density at radius 3 is 2.29 bits per heavy atom. The Kier molecular flexibility index (Phi) is 4.06. The maximum Gasteiger partial charge on any atom is 0.391 e. The Bertz CT molecular complexity index is 291. The van der Waals surface area contributed by atoms with Crippen LogP contribution in [0.3, 0.4) is 0 Å². The lowest BCUT2D eigenvalue weighted by Crippen LogP contribution is -2.47. The van der Waals surface area contributed by atoms with Gasteiger partial charge in [-0.15, -0.1) is 0 Å². The fourth-order valence-corrected chi connectivity index (χ4v) is 2.21. The minimum atomic E-state index is -4.24.